The molecule has 0 unspecified atom stereocenters. The maximum Gasteiger partial charge on any atom is 0.150 e. The second-order valence-corrected chi connectivity index (χ2v) is 6.05. The van der Waals surface area contributed by atoms with E-state index in [1.54, 1.807) is 11.3 Å². The lowest BCUT2D eigenvalue weighted by Gasteiger charge is -2.05. The summed E-state index contributed by atoms with van der Waals surface area (Å²) in [5.41, 5.74) is 3.15. The van der Waals surface area contributed by atoms with Crippen LogP contribution in [0.3, 0.4) is 0 Å². The minimum absolute atomic E-state index is 0.720. The highest BCUT2D eigenvalue weighted by atomic mass is 32.1. The first-order valence-electron chi connectivity index (χ1n) is 6.84. The molecule has 0 amide bonds. The van der Waals surface area contributed by atoms with Gasteiger partial charge in [-0.15, -0.1) is 11.3 Å². The zero-order chi connectivity index (χ0) is 14.2. The number of hydrogen-bond acceptors (Lipinski definition) is 2. The van der Waals surface area contributed by atoms with Gasteiger partial charge in [0, 0.05) is 28.5 Å². The van der Waals surface area contributed by atoms with Crippen molar-refractivity contribution >= 4 is 38.6 Å². The SMILES string of the molecule is O=Cc1ccc2ccn(Cc3csc4ccccc34)c2c1. The second kappa shape index (κ2) is 4.86. The third-order valence-corrected chi connectivity index (χ3v) is 4.85. The lowest BCUT2D eigenvalue weighted by molar-refractivity contribution is 0.112. The van der Waals surface area contributed by atoms with Gasteiger partial charge in [-0.05, 0) is 39.9 Å². The lowest BCUT2D eigenvalue weighted by Crippen LogP contribution is -1.97. The van der Waals surface area contributed by atoms with Crippen molar-refractivity contribution in [2.24, 2.45) is 0 Å². The third-order valence-electron chi connectivity index (χ3n) is 3.84. The molecule has 0 bridgehead atoms. The number of carbonyl (C=O) groups is 1. The molecule has 4 rings (SSSR count). The summed E-state index contributed by atoms with van der Waals surface area (Å²) in [7, 11) is 0. The van der Waals surface area contributed by atoms with Crippen LogP contribution < -0.4 is 0 Å². The standard InChI is InChI=1S/C18H13NOS/c20-11-13-5-6-14-7-8-19(17(14)9-13)10-15-12-21-18-4-2-1-3-16(15)18/h1-9,11-12H,10H2. The van der Waals surface area contributed by atoms with Gasteiger partial charge in [-0.3, -0.25) is 4.79 Å². The van der Waals surface area contributed by atoms with Crippen LogP contribution in [-0.4, -0.2) is 10.9 Å². The highest BCUT2D eigenvalue weighted by molar-refractivity contribution is 7.17. The van der Waals surface area contributed by atoms with E-state index in [1.807, 2.05) is 18.2 Å². The zero-order valence-electron chi connectivity index (χ0n) is 11.3. The molecule has 3 heteroatoms. The van der Waals surface area contributed by atoms with E-state index >= 15 is 0 Å². The Balaban J connectivity index is 1.82. The Morgan fingerprint density at radius 1 is 1.10 bits per heavy atom. The number of fused-ring (bicyclic) bond motifs is 2. The van der Waals surface area contributed by atoms with E-state index < -0.39 is 0 Å². The van der Waals surface area contributed by atoms with Gasteiger partial charge < -0.3 is 4.57 Å². The third kappa shape index (κ3) is 2.06. The molecule has 0 N–H and O–H groups in total. The molecule has 0 atom stereocenters. The van der Waals surface area contributed by atoms with Crippen molar-refractivity contribution in [2.45, 2.75) is 6.54 Å². The highest BCUT2D eigenvalue weighted by Gasteiger charge is 2.07. The van der Waals surface area contributed by atoms with Gasteiger partial charge in [0.25, 0.3) is 0 Å². The predicted octanol–water partition coefficient (Wildman–Crippen LogP) is 4.72. The number of aldehydes is 1. The molecule has 2 heterocycles. The normalized spacial score (nSPS) is 11.2. The molecule has 102 valence electrons. The Hall–Kier alpha value is -2.39. The van der Waals surface area contributed by atoms with Crippen LogP contribution in [0.1, 0.15) is 15.9 Å². The van der Waals surface area contributed by atoms with E-state index in [0.29, 0.717) is 0 Å². The number of hydrogen-bond donors (Lipinski definition) is 0. The monoisotopic (exact) mass is 291 g/mol. The van der Waals surface area contributed by atoms with Gasteiger partial charge in [0.2, 0.25) is 0 Å². The van der Waals surface area contributed by atoms with Crippen LogP contribution in [0.2, 0.25) is 0 Å². The fraction of sp³-hybridized carbons (Fsp3) is 0.0556. The van der Waals surface area contributed by atoms with Crippen LogP contribution in [-0.2, 0) is 6.54 Å². The molecule has 0 spiro atoms. The van der Waals surface area contributed by atoms with Crippen molar-refractivity contribution in [3.05, 3.63) is 71.2 Å². The fourth-order valence-electron chi connectivity index (χ4n) is 2.75. The van der Waals surface area contributed by atoms with Crippen LogP contribution in [0.4, 0.5) is 0 Å². The van der Waals surface area contributed by atoms with E-state index in [1.165, 1.54) is 21.0 Å². The van der Waals surface area contributed by atoms with E-state index in [4.69, 9.17) is 0 Å². The molecule has 0 aliphatic heterocycles. The van der Waals surface area contributed by atoms with Gasteiger partial charge in [0.1, 0.15) is 6.29 Å². The van der Waals surface area contributed by atoms with Gasteiger partial charge in [-0.25, -0.2) is 0 Å². The van der Waals surface area contributed by atoms with E-state index in [0.717, 1.165) is 23.9 Å². The second-order valence-electron chi connectivity index (χ2n) is 5.14. The molecule has 0 fully saturated rings. The average molecular weight is 291 g/mol. The van der Waals surface area contributed by atoms with Crippen molar-refractivity contribution in [1.29, 1.82) is 0 Å². The summed E-state index contributed by atoms with van der Waals surface area (Å²) in [6, 6.07) is 16.4. The Morgan fingerprint density at radius 3 is 2.90 bits per heavy atom. The minimum Gasteiger partial charge on any atom is -0.343 e. The van der Waals surface area contributed by atoms with Crippen LogP contribution in [0.5, 0.6) is 0 Å². The number of carbonyl (C=O) groups excluding carboxylic acids is 1. The van der Waals surface area contributed by atoms with Crippen LogP contribution in [0, 0.1) is 0 Å². The lowest BCUT2D eigenvalue weighted by atomic mass is 10.1. The van der Waals surface area contributed by atoms with E-state index in [-0.39, 0.29) is 0 Å². The van der Waals surface area contributed by atoms with E-state index in [9.17, 15) is 4.79 Å². The Bertz CT molecular complexity index is 948. The largest absolute Gasteiger partial charge is 0.343 e. The molecule has 2 nitrogen and oxygen atoms in total. The number of nitrogens with zero attached hydrogens (tertiary/aromatic N) is 1. The van der Waals surface area contributed by atoms with Crippen LogP contribution in [0.25, 0.3) is 21.0 Å². The molecule has 0 saturated carbocycles. The predicted molar refractivity (Wildman–Crippen MR) is 88.3 cm³/mol. The summed E-state index contributed by atoms with van der Waals surface area (Å²) in [5.74, 6) is 0. The molecular formula is C18H13NOS. The van der Waals surface area contributed by atoms with Crippen molar-refractivity contribution in [3.8, 4) is 0 Å². The molecule has 0 aliphatic rings. The van der Waals surface area contributed by atoms with Gasteiger partial charge in [-0.1, -0.05) is 30.3 Å². The topological polar surface area (TPSA) is 22.0 Å². The van der Waals surface area contributed by atoms with Gasteiger partial charge in [0.15, 0.2) is 0 Å². The molecule has 2 aromatic carbocycles. The molecule has 4 aromatic rings. The summed E-state index contributed by atoms with van der Waals surface area (Å²) in [4.78, 5) is 11.0. The number of rotatable bonds is 3. The summed E-state index contributed by atoms with van der Waals surface area (Å²) < 4.78 is 3.52. The van der Waals surface area contributed by atoms with Gasteiger partial charge >= 0.3 is 0 Å². The van der Waals surface area contributed by atoms with Gasteiger partial charge in [0.05, 0.1) is 0 Å². The van der Waals surface area contributed by atoms with E-state index in [2.05, 4.69) is 46.5 Å². The maximum absolute atomic E-state index is 11.0. The van der Waals surface area contributed by atoms with Crippen molar-refractivity contribution in [2.75, 3.05) is 0 Å². The molecule has 0 saturated heterocycles. The molecule has 21 heavy (non-hydrogen) atoms. The first kappa shape index (κ1) is 12.4. The summed E-state index contributed by atoms with van der Waals surface area (Å²) >= 11 is 1.78. The Kier molecular flexibility index (Phi) is 2.86. The molecule has 0 aliphatic carbocycles. The smallest absolute Gasteiger partial charge is 0.150 e. The highest BCUT2D eigenvalue weighted by Crippen LogP contribution is 2.27. The quantitative estimate of drug-likeness (QED) is 0.501. The van der Waals surface area contributed by atoms with Crippen molar-refractivity contribution < 1.29 is 4.79 Å². The number of thiophene rings is 1. The Morgan fingerprint density at radius 2 is 2.00 bits per heavy atom. The fourth-order valence-corrected chi connectivity index (χ4v) is 3.70. The van der Waals surface area contributed by atoms with Gasteiger partial charge in [-0.2, -0.15) is 0 Å². The van der Waals surface area contributed by atoms with Crippen LogP contribution >= 0.6 is 11.3 Å². The van der Waals surface area contributed by atoms with Crippen molar-refractivity contribution in [1.82, 2.24) is 4.57 Å². The Labute approximate surface area is 126 Å². The minimum atomic E-state index is 0.720. The summed E-state index contributed by atoms with van der Waals surface area (Å²) in [6.07, 6.45) is 2.99. The molecular weight excluding hydrogens is 278 g/mol. The van der Waals surface area contributed by atoms with Crippen molar-refractivity contribution in [3.63, 3.8) is 0 Å². The zero-order valence-corrected chi connectivity index (χ0v) is 12.1. The maximum atomic E-state index is 11.0. The summed E-state index contributed by atoms with van der Waals surface area (Å²) in [6.45, 7) is 0.829. The van der Waals surface area contributed by atoms with Crippen LogP contribution in [0.15, 0.2) is 60.1 Å². The first-order chi connectivity index (χ1) is 10.3. The number of benzene rings is 2. The first-order valence-corrected chi connectivity index (χ1v) is 7.72. The average Bonchev–Trinajstić information content (AvgIpc) is 3.12. The number of aromatic nitrogens is 1. The molecule has 0 radical (unpaired) electrons. The summed E-state index contributed by atoms with van der Waals surface area (Å²) in [5, 5.41) is 4.70. The molecule has 2 aromatic heterocycles.